The van der Waals surface area contributed by atoms with Gasteiger partial charge in [0, 0.05) is 6.04 Å². The first-order valence-corrected chi connectivity index (χ1v) is 8.21. The largest absolute Gasteiger partial charge is 0.459 e. The van der Waals surface area contributed by atoms with Crippen LogP contribution in [0.15, 0.2) is 29.1 Å². The number of amides is 1. The van der Waals surface area contributed by atoms with Crippen LogP contribution in [0.4, 0.5) is 17.3 Å². The van der Waals surface area contributed by atoms with Gasteiger partial charge in [-0.25, -0.2) is 9.97 Å². The van der Waals surface area contributed by atoms with E-state index in [0.29, 0.717) is 23.4 Å². The minimum atomic E-state index is -0.406. The number of hydrogen-bond acceptors (Lipinski definition) is 7. The van der Waals surface area contributed by atoms with Crippen molar-refractivity contribution in [2.24, 2.45) is 0 Å². The highest BCUT2D eigenvalue weighted by atomic mass is 16.3. The van der Waals surface area contributed by atoms with Crippen molar-refractivity contribution in [3.05, 3.63) is 30.5 Å². The molecule has 0 radical (unpaired) electrons. The van der Waals surface area contributed by atoms with Crippen LogP contribution in [0.2, 0.25) is 0 Å². The van der Waals surface area contributed by atoms with E-state index in [9.17, 15) is 4.79 Å². The molecule has 1 amide bonds. The van der Waals surface area contributed by atoms with Gasteiger partial charge < -0.3 is 15.5 Å². The van der Waals surface area contributed by atoms with Crippen molar-refractivity contribution in [2.75, 3.05) is 16.5 Å². The van der Waals surface area contributed by atoms with Crippen molar-refractivity contribution < 1.29 is 9.21 Å². The number of nitrogens with one attached hydrogen (secondary N) is 3. The van der Waals surface area contributed by atoms with E-state index < -0.39 is 5.91 Å². The number of aromatic nitrogens is 2. The van der Waals surface area contributed by atoms with E-state index in [-0.39, 0.29) is 5.76 Å². The number of rotatable bonds is 5. The maximum atomic E-state index is 11.9. The summed E-state index contributed by atoms with van der Waals surface area (Å²) in [6.07, 6.45) is 10.1. The van der Waals surface area contributed by atoms with E-state index in [1.807, 2.05) is 0 Å². The van der Waals surface area contributed by atoms with Crippen molar-refractivity contribution in [3.63, 3.8) is 0 Å². The van der Waals surface area contributed by atoms with Crippen molar-refractivity contribution >= 4 is 23.2 Å². The molecule has 8 nitrogen and oxygen atoms in total. The number of nitrogens with zero attached hydrogens (tertiary/aromatic N) is 2. The summed E-state index contributed by atoms with van der Waals surface area (Å²) in [5, 5.41) is 3.40. The Morgan fingerprint density at radius 1 is 1.17 bits per heavy atom. The normalized spacial score (nSPS) is 15.5. The zero-order valence-electron chi connectivity index (χ0n) is 13.4. The van der Waals surface area contributed by atoms with Crippen molar-refractivity contribution in [2.45, 2.75) is 44.6 Å². The first-order valence-electron chi connectivity index (χ1n) is 8.21. The van der Waals surface area contributed by atoms with E-state index in [1.165, 1.54) is 38.3 Å². The fraction of sp³-hybridized carbons (Fsp3) is 0.438. The molecular formula is C16H22N6O2. The van der Waals surface area contributed by atoms with Crippen LogP contribution in [0, 0.1) is 0 Å². The summed E-state index contributed by atoms with van der Waals surface area (Å²) < 4.78 is 5.02. The molecule has 1 fully saturated rings. The first kappa shape index (κ1) is 16.1. The van der Waals surface area contributed by atoms with Gasteiger partial charge in [-0.1, -0.05) is 25.7 Å². The molecule has 3 rings (SSSR count). The maximum absolute atomic E-state index is 11.9. The van der Waals surface area contributed by atoms with Crippen molar-refractivity contribution in [1.82, 2.24) is 15.4 Å². The zero-order chi connectivity index (χ0) is 16.8. The second-order valence-corrected chi connectivity index (χ2v) is 5.87. The van der Waals surface area contributed by atoms with Crippen LogP contribution in [0.3, 0.4) is 0 Å². The number of carbonyl (C=O) groups is 1. The van der Waals surface area contributed by atoms with E-state index >= 15 is 0 Å². The molecule has 2 aromatic heterocycles. The molecule has 1 saturated carbocycles. The Morgan fingerprint density at radius 2 is 1.92 bits per heavy atom. The van der Waals surface area contributed by atoms with Gasteiger partial charge in [0.05, 0.1) is 6.26 Å². The van der Waals surface area contributed by atoms with E-state index in [2.05, 4.69) is 26.1 Å². The Balaban J connectivity index is 1.63. The summed E-state index contributed by atoms with van der Waals surface area (Å²) in [7, 11) is 0. The summed E-state index contributed by atoms with van der Waals surface area (Å²) in [4.78, 5) is 20.2. The van der Waals surface area contributed by atoms with Gasteiger partial charge in [-0.15, -0.1) is 0 Å². The van der Waals surface area contributed by atoms with Gasteiger partial charge in [0.2, 0.25) is 0 Å². The predicted molar refractivity (Wildman–Crippen MR) is 91.4 cm³/mol. The van der Waals surface area contributed by atoms with E-state index in [4.69, 9.17) is 10.2 Å². The second kappa shape index (κ2) is 7.67. The van der Waals surface area contributed by atoms with Crippen LogP contribution in [0.25, 0.3) is 0 Å². The van der Waals surface area contributed by atoms with Gasteiger partial charge in [0.15, 0.2) is 17.4 Å². The smallest absolute Gasteiger partial charge is 0.305 e. The van der Waals surface area contributed by atoms with Crippen LogP contribution < -0.4 is 21.9 Å². The lowest BCUT2D eigenvalue weighted by Crippen LogP contribution is -2.30. The molecule has 2 heterocycles. The first-order chi connectivity index (χ1) is 11.7. The molecule has 0 atom stereocenters. The lowest BCUT2D eigenvalue weighted by molar-refractivity contribution is 0.0935. The molecule has 8 heteroatoms. The van der Waals surface area contributed by atoms with Crippen LogP contribution in [0.5, 0.6) is 0 Å². The molecule has 0 aliphatic heterocycles. The third kappa shape index (κ3) is 3.95. The van der Waals surface area contributed by atoms with Crippen molar-refractivity contribution in [1.29, 1.82) is 0 Å². The monoisotopic (exact) mass is 330 g/mol. The number of furan rings is 1. The van der Waals surface area contributed by atoms with Gasteiger partial charge >= 0.3 is 5.91 Å². The molecule has 24 heavy (non-hydrogen) atoms. The van der Waals surface area contributed by atoms with E-state index in [0.717, 1.165) is 12.8 Å². The molecule has 0 saturated heterocycles. The average molecular weight is 330 g/mol. The zero-order valence-corrected chi connectivity index (χ0v) is 13.4. The quantitative estimate of drug-likeness (QED) is 0.491. The maximum Gasteiger partial charge on any atom is 0.305 e. The SMILES string of the molecule is Nc1c(NNC(=O)c2ccco2)ncnc1NC1CCCCCC1. The molecule has 0 spiro atoms. The fourth-order valence-corrected chi connectivity index (χ4v) is 2.81. The number of hydrogen-bond donors (Lipinski definition) is 4. The van der Waals surface area contributed by atoms with Crippen LogP contribution in [0.1, 0.15) is 49.1 Å². The third-order valence-electron chi connectivity index (χ3n) is 4.12. The summed E-state index contributed by atoms with van der Waals surface area (Å²) in [5.41, 5.74) is 11.7. The molecule has 5 N–H and O–H groups in total. The summed E-state index contributed by atoms with van der Waals surface area (Å²) >= 11 is 0. The van der Waals surface area contributed by atoms with Gasteiger partial charge in [0.1, 0.15) is 12.0 Å². The summed E-state index contributed by atoms with van der Waals surface area (Å²) in [5.74, 6) is 0.732. The Labute approximate surface area is 140 Å². The van der Waals surface area contributed by atoms with Gasteiger partial charge in [-0.05, 0) is 25.0 Å². The lowest BCUT2D eigenvalue weighted by atomic mass is 10.1. The van der Waals surface area contributed by atoms with Crippen LogP contribution in [-0.2, 0) is 0 Å². The minimum absolute atomic E-state index is 0.201. The molecule has 0 unspecified atom stereocenters. The Hall–Kier alpha value is -2.77. The predicted octanol–water partition coefficient (Wildman–Crippen LogP) is 2.54. The highest BCUT2D eigenvalue weighted by molar-refractivity contribution is 5.92. The molecular weight excluding hydrogens is 308 g/mol. The molecule has 1 aliphatic rings. The minimum Gasteiger partial charge on any atom is -0.459 e. The highest BCUT2D eigenvalue weighted by Gasteiger charge is 2.16. The van der Waals surface area contributed by atoms with E-state index in [1.54, 1.807) is 12.1 Å². The number of anilines is 3. The van der Waals surface area contributed by atoms with Gasteiger partial charge in [0.25, 0.3) is 0 Å². The number of hydrazine groups is 1. The third-order valence-corrected chi connectivity index (χ3v) is 4.12. The van der Waals surface area contributed by atoms with Crippen LogP contribution >= 0.6 is 0 Å². The topological polar surface area (TPSA) is 118 Å². The summed E-state index contributed by atoms with van der Waals surface area (Å²) in [6.45, 7) is 0. The summed E-state index contributed by atoms with van der Waals surface area (Å²) in [6, 6.07) is 3.58. The van der Waals surface area contributed by atoms with Crippen molar-refractivity contribution in [3.8, 4) is 0 Å². The number of nitrogen functional groups attached to an aromatic ring is 1. The van der Waals surface area contributed by atoms with Crippen LogP contribution in [-0.4, -0.2) is 21.9 Å². The standard InChI is InChI=1S/C16H22N6O2/c17-13-14(20-11-6-3-1-2-4-7-11)18-10-19-15(13)21-22-16(23)12-8-5-9-24-12/h5,8-11H,1-4,6-7,17H2,(H,22,23)(H2,18,19,20,21). The van der Waals surface area contributed by atoms with Gasteiger partial charge in [-0.3, -0.25) is 15.6 Å². The fourth-order valence-electron chi connectivity index (χ4n) is 2.81. The average Bonchev–Trinajstić information content (AvgIpc) is 3.01. The Morgan fingerprint density at radius 3 is 2.62 bits per heavy atom. The van der Waals surface area contributed by atoms with Gasteiger partial charge in [-0.2, -0.15) is 0 Å². The Kier molecular flexibility index (Phi) is 5.15. The molecule has 128 valence electrons. The molecule has 0 bridgehead atoms. The highest BCUT2D eigenvalue weighted by Crippen LogP contribution is 2.26. The Bertz CT molecular complexity index is 665. The second-order valence-electron chi connectivity index (χ2n) is 5.87. The molecule has 0 aromatic carbocycles. The lowest BCUT2D eigenvalue weighted by Gasteiger charge is -2.19. The number of carbonyl (C=O) groups excluding carboxylic acids is 1. The number of nitrogens with two attached hydrogens (primary N) is 1. The molecule has 2 aromatic rings. The molecule has 1 aliphatic carbocycles.